The molecule has 16 heavy (non-hydrogen) atoms. The van der Waals surface area contributed by atoms with E-state index < -0.39 is 0 Å². The quantitative estimate of drug-likeness (QED) is 0.368. The van der Waals surface area contributed by atoms with Crippen LogP contribution in [0.2, 0.25) is 0 Å². The molecule has 0 spiro atoms. The molecule has 0 amide bonds. The van der Waals surface area contributed by atoms with Crippen LogP contribution in [0.5, 0.6) is 0 Å². The van der Waals surface area contributed by atoms with Crippen molar-refractivity contribution in [2.45, 2.75) is 91.9 Å². The van der Waals surface area contributed by atoms with Gasteiger partial charge in [-0.05, 0) is 11.8 Å². The Morgan fingerprint density at radius 3 is 1.50 bits per heavy atom. The summed E-state index contributed by atoms with van der Waals surface area (Å²) < 4.78 is 0. The molecular weight excluding hydrogens is 192 g/mol. The molecule has 0 aliphatic rings. The van der Waals surface area contributed by atoms with Crippen LogP contribution in [0.3, 0.4) is 0 Å². The third-order valence-corrected chi connectivity index (χ3v) is 3.74. The maximum absolute atomic E-state index is 2.44. The Kier molecular flexibility index (Phi) is 11.5. The van der Waals surface area contributed by atoms with E-state index in [-0.39, 0.29) is 0 Å². The highest BCUT2D eigenvalue weighted by molar-refractivity contribution is 4.58. The van der Waals surface area contributed by atoms with Gasteiger partial charge in [0.25, 0.3) is 0 Å². The first-order valence-electron chi connectivity index (χ1n) is 7.70. The molecular formula is C16H34. The van der Waals surface area contributed by atoms with Gasteiger partial charge in [0.15, 0.2) is 0 Å². The molecule has 0 saturated carbocycles. The van der Waals surface area contributed by atoms with Crippen LogP contribution >= 0.6 is 0 Å². The molecule has 0 aromatic carbocycles. The first-order chi connectivity index (χ1) is 7.70. The fourth-order valence-electron chi connectivity index (χ4n) is 2.40. The van der Waals surface area contributed by atoms with Gasteiger partial charge in [-0.2, -0.15) is 0 Å². The van der Waals surface area contributed by atoms with Crippen LogP contribution in [0.1, 0.15) is 91.9 Å². The molecule has 0 nitrogen and oxygen atoms in total. The van der Waals surface area contributed by atoms with E-state index in [1.807, 2.05) is 0 Å². The topological polar surface area (TPSA) is 0 Å². The number of unbranched alkanes of at least 4 members (excludes halogenated alkanes) is 3. The lowest BCUT2D eigenvalue weighted by Gasteiger charge is -2.14. The fraction of sp³-hybridized carbons (Fsp3) is 1.00. The molecule has 0 aromatic heterocycles. The van der Waals surface area contributed by atoms with E-state index in [4.69, 9.17) is 0 Å². The minimum Gasteiger partial charge on any atom is -0.0654 e. The van der Waals surface area contributed by atoms with Crippen molar-refractivity contribution in [3.63, 3.8) is 0 Å². The maximum Gasteiger partial charge on any atom is -0.0443 e. The minimum absolute atomic E-state index is 0.961. The van der Waals surface area contributed by atoms with E-state index in [9.17, 15) is 0 Å². The molecule has 2 unspecified atom stereocenters. The van der Waals surface area contributed by atoms with Gasteiger partial charge in [0.2, 0.25) is 0 Å². The predicted molar refractivity (Wildman–Crippen MR) is 75.8 cm³/mol. The molecule has 0 radical (unpaired) electrons. The number of hydrogen-bond acceptors (Lipinski definition) is 0. The third-order valence-electron chi connectivity index (χ3n) is 3.74. The highest BCUT2D eigenvalue weighted by Gasteiger charge is 2.05. The van der Waals surface area contributed by atoms with Crippen molar-refractivity contribution in [3.05, 3.63) is 0 Å². The van der Waals surface area contributed by atoms with E-state index in [1.54, 1.807) is 0 Å². The molecule has 0 aliphatic heterocycles. The molecule has 0 aliphatic carbocycles. The van der Waals surface area contributed by atoms with Crippen LogP contribution < -0.4 is 0 Å². The van der Waals surface area contributed by atoms with Crippen LogP contribution in [-0.2, 0) is 0 Å². The second-order valence-corrected chi connectivity index (χ2v) is 5.78. The molecule has 2 atom stereocenters. The minimum atomic E-state index is 0.961. The highest BCUT2D eigenvalue weighted by Crippen LogP contribution is 2.20. The van der Waals surface area contributed by atoms with Crippen molar-refractivity contribution >= 4 is 0 Å². The highest BCUT2D eigenvalue weighted by atomic mass is 14.1. The Labute approximate surface area is 104 Å². The van der Waals surface area contributed by atoms with Crippen LogP contribution in [-0.4, -0.2) is 0 Å². The summed E-state index contributed by atoms with van der Waals surface area (Å²) in [5, 5.41) is 0. The lowest BCUT2D eigenvalue weighted by molar-refractivity contribution is 0.396. The molecule has 0 fully saturated rings. The standard InChI is InChI=1S/C16H34/c1-5-7-9-12-16(4)14-10-13-15(3)11-8-6-2/h15-16H,5-14H2,1-4H3. The van der Waals surface area contributed by atoms with Gasteiger partial charge in [-0.1, -0.05) is 91.9 Å². The lowest BCUT2D eigenvalue weighted by Crippen LogP contribution is -1.99. The normalized spacial score (nSPS) is 15.0. The Morgan fingerprint density at radius 1 is 0.562 bits per heavy atom. The Morgan fingerprint density at radius 2 is 1.00 bits per heavy atom. The van der Waals surface area contributed by atoms with Gasteiger partial charge in [0.05, 0.1) is 0 Å². The lowest BCUT2D eigenvalue weighted by atomic mass is 9.93. The number of rotatable bonds is 11. The van der Waals surface area contributed by atoms with E-state index in [0.717, 1.165) is 11.8 Å². The maximum atomic E-state index is 2.44. The smallest absolute Gasteiger partial charge is 0.0443 e. The van der Waals surface area contributed by atoms with Crippen molar-refractivity contribution in [2.75, 3.05) is 0 Å². The average molecular weight is 226 g/mol. The zero-order chi connectivity index (χ0) is 12.2. The van der Waals surface area contributed by atoms with E-state index in [0.29, 0.717) is 0 Å². The van der Waals surface area contributed by atoms with Gasteiger partial charge in [0, 0.05) is 0 Å². The summed E-state index contributed by atoms with van der Waals surface area (Å²) in [6.45, 7) is 9.45. The van der Waals surface area contributed by atoms with E-state index in [2.05, 4.69) is 27.7 Å². The van der Waals surface area contributed by atoms with Gasteiger partial charge < -0.3 is 0 Å². The van der Waals surface area contributed by atoms with Gasteiger partial charge in [-0.25, -0.2) is 0 Å². The van der Waals surface area contributed by atoms with E-state index in [1.165, 1.54) is 64.2 Å². The van der Waals surface area contributed by atoms with Gasteiger partial charge in [-0.15, -0.1) is 0 Å². The summed E-state index contributed by atoms with van der Waals surface area (Å²) in [7, 11) is 0. The fourth-order valence-corrected chi connectivity index (χ4v) is 2.40. The van der Waals surface area contributed by atoms with Crippen molar-refractivity contribution < 1.29 is 0 Å². The monoisotopic (exact) mass is 226 g/mol. The summed E-state index contributed by atoms with van der Waals surface area (Å²) in [5.74, 6) is 1.92. The molecule has 0 heterocycles. The molecule has 0 saturated heterocycles. The summed E-state index contributed by atoms with van der Waals surface area (Å²) in [6.07, 6.45) is 14.3. The van der Waals surface area contributed by atoms with Crippen molar-refractivity contribution in [1.82, 2.24) is 0 Å². The van der Waals surface area contributed by atoms with Crippen LogP contribution in [0, 0.1) is 11.8 Å². The van der Waals surface area contributed by atoms with Crippen LogP contribution in [0.25, 0.3) is 0 Å². The molecule has 0 bridgehead atoms. The van der Waals surface area contributed by atoms with Gasteiger partial charge in [0.1, 0.15) is 0 Å². The Bertz CT molecular complexity index is 128. The molecule has 0 N–H and O–H groups in total. The summed E-state index contributed by atoms with van der Waals surface area (Å²) in [4.78, 5) is 0. The third kappa shape index (κ3) is 10.5. The van der Waals surface area contributed by atoms with Crippen molar-refractivity contribution in [3.8, 4) is 0 Å². The van der Waals surface area contributed by atoms with Gasteiger partial charge in [-0.3, -0.25) is 0 Å². The summed E-state index contributed by atoms with van der Waals surface area (Å²) in [5.41, 5.74) is 0. The molecule has 0 rings (SSSR count). The average Bonchev–Trinajstić information content (AvgIpc) is 2.26. The summed E-state index contributed by atoms with van der Waals surface area (Å²) >= 11 is 0. The largest absolute Gasteiger partial charge is 0.0654 e. The first-order valence-corrected chi connectivity index (χ1v) is 7.70. The Balaban J connectivity index is 3.28. The number of hydrogen-bond donors (Lipinski definition) is 0. The van der Waals surface area contributed by atoms with Gasteiger partial charge >= 0.3 is 0 Å². The SMILES string of the molecule is CCCCCC(C)CCCC(C)CCCC. The van der Waals surface area contributed by atoms with Crippen molar-refractivity contribution in [1.29, 1.82) is 0 Å². The second-order valence-electron chi connectivity index (χ2n) is 5.78. The first kappa shape index (κ1) is 16.0. The summed E-state index contributed by atoms with van der Waals surface area (Å²) in [6, 6.07) is 0. The zero-order valence-corrected chi connectivity index (χ0v) is 12.2. The Hall–Kier alpha value is 0. The molecule has 98 valence electrons. The predicted octanol–water partition coefficient (Wildman–Crippen LogP) is 6.20. The van der Waals surface area contributed by atoms with Crippen LogP contribution in [0.15, 0.2) is 0 Å². The van der Waals surface area contributed by atoms with Crippen molar-refractivity contribution in [2.24, 2.45) is 11.8 Å². The second kappa shape index (κ2) is 11.5. The molecule has 0 heteroatoms. The zero-order valence-electron chi connectivity index (χ0n) is 12.2. The van der Waals surface area contributed by atoms with Crippen LogP contribution in [0.4, 0.5) is 0 Å². The molecule has 0 aromatic rings. The van der Waals surface area contributed by atoms with E-state index >= 15 is 0 Å².